The van der Waals surface area contributed by atoms with Crippen LogP contribution in [0.1, 0.15) is 56.3 Å². The van der Waals surface area contributed by atoms with Gasteiger partial charge in [-0.2, -0.15) is 0 Å². The summed E-state index contributed by atoms with van der Waals surface area (Å²) < 4.78 is 0. The third kappa shape index (κ3) is 4.81. The quantitative estimate of drug-likeness (QED) is 0.571. The van der Waals surface area contributed by atoms with Gasteiger partial charge in [0.25, 0.3) is 0 Å². The number of piperazine rings is 1. The first-order valence-corrected chi connectivity index (χ1v) is 8.81. The molecule has 1 saturated heterocycles. The van der Waals surface area contributed by atoms with E-state index in [1.54, 1.807) is 0 Å². The molecule has 0 N–H and O–H groups in total. The molecule has 4 nitrogen and oxygen atoms in total. The Bertz CT molecular complexity index is 534. The Labute approximate surface area is 139 Å². The Kier molecular flexibility index (Phi) is 6.63. The van der Waals surface area contributed by atoms with Crippen LogP contribution in [0.3, 0.4) is 0 Å². The molecule has 1 aromatic rings. The molecule has 0 saturated carbocycles. The van der Waals surface area contributed by atoms with Crippen LogP contribution in [-0.4, -0.2) is 42.8 Å². The largest absolute Gasteiger partial charge is 0.368 e. The summed E-state index contributed by atoms with van der Waals surface area (Å²) in [6, 6.07) is 7.85. The van der Waals surface area contributed by atoms with E-state index in [-0.39, 0.29) is 11.7 Å². The van der Waals surface area contributed by atoms with Crippen LogP contribution in [0.5, 0.6) is 0 Å². The lowest BCUT2D eigenvalue weighted by atomic mass is 10.1. The zero-order valence-electron chi connectivity index (χ0n) is 14.4. The second kappa shape index (κ2) is 8.70. The Balaban J connectivity index is 1.89. The summed E-state index contributed by atoms with van der Waals surface area (Å²) in [7, 11) is 0. The Hall–Kier alpha value is -1.84. The third-order valence-corrected chi connectivity index (χ3v) is 4.48. The van der Waals surface area contributed by atoms with Gasteiger partial charge in [-0.15, -0.1) is 0 Å². The van der Waals surface area contributed by atoms with Crippen LogP contribution in [-0.2, 0) is 4.79 Å². The molecule has 1 aliphatic rings. The van der Waals surface area contributed by atoms with Crippen LogP contribution in [0, 0.1) is 0 Å². The number of benzene rings is 1. The maximum atomic E-state index is 12.2. The van der Waals surface area contributed by atoms with Gasteiger partial charge in [0.15, 0.2) is 5.78 Å². The molecule has 0 atom stereocenters. The molecule has 0 aliphatic carbocycles. The van der Waals surface area contributed by atoms with Gasteiger partial charge in [-0.05, 0) is 18.6 Å². The molecule has 0 bridgehead atoms. The third-order valence-electron chi connectivity index (χ3n) is 4.48. The smallest absolute Gasteiger partial charge is 0.222 e. The van der Waals surface area contributed by atoms with E-state index in [4.69, 9.17) is 0 Å². The number of ketones is 1. The predicted octanol–water partition coefficient (Wildman–Crippen LogP) is 3.51. The molecule has 4 heteroatoms. The summed E-state index contributed by atoms with van der Waals surface area (Å²) in [5.74, 6) is 0.463. The summed E-state index contributed by atoms with van der Waals surface area (Å²) in [5, 5.41) is 0. The first kappa shape index (κ1) is 17.5. The van der Waals surface area contributed by atoms with Gasteiger partial charge < -0.3 is 9.80 Å². The van der Waals surface area contributed by atoms with Crippen LogP contribution in [0.2, 0.25) is 0 Å². The molecule has 126 valence electrons. The summed E-state index contributed by atoms with van der Waals surface area (Å²) in [6.45, 7) is 7.26. The number of hydrogen-bond donors (Lipinski definition) is 0. The van der Waals surface area contributed by atoms with Crippen molar-refractivity contribution in [3.05, 3.63) is 29.8 Å². The minimum absolute atomic E-state index is 0.177. The minimum atomic E-state index is 0.177. The molecule has 1 aromatic carbocycles. The molecular weight excluding hydrogens is 288 g/mol. The van der Waals surface area contributed by atoms with Crippen LogP contribution in [0.4, 0.5) is 5.69 Å². The fourth-order valence-corrected chi connectivity index (χ4v) is 2.98. The molecular formula is C19H28N2O2. The first-order valence-electron chi connectivity index (χ1n) is 8.81. The number of carbonyl (C=O) groups is 2. The van der Waals surface area contributed by atoms with Crippen LogP contribution in [0.15, 0.2) is 24.3 Å². The average molecular weight is 316 g/mol. The van der Waals surface area contributed by atoms with Crippen molar-refractivity contribution >= 4 is 17.4 Å². The maximum absolute atomic E-state index is 12.2. The van der Waals surface area contributed by atoms with Gasteiger partial charge in [-0.3, -0.25) is 9.59 Å². The van der Waals surface area contributed by atoms with Gasteiger partial charge >= 0.3 is 0 Å². The van der Waals surface area contributed by atoms with Gasteiger partial charge in [-0.25, -0.2) is 0 Å². The highest BCUT2D eigenvalue weighted by Gasteiger charge is 2.21. The standard InChI is InChI=1S/C19H28N2O2/c1-3-5-6-10-19(23)21-13-11-20(12-14-21)17-9-7-8-16(15-17)18(22)4-2/h7-9,15H,3-6,10-14H2,1-2H3. The van der Waals surface area contributed by atoms with E-state index in [1.165, 1.54) is 0 Å². The van der Waals surface area contributed by atoms with E-state index >= 15 is 0 Å². The monoisotopic (exact) mass is 316 g/mol. The van der Waals surface area contributed by atoms with Crippen molar-refractivity contribution in [2.75, 3.05) is 31.1 Å². The Morgan fingerprint density at radius 3 is 2.43 bits per heavy atom. The number of nitrogens with zero attached hydrogens (tertiary/aromatic N) is 2. The van der Waals surface area contributed by atoms with E-state index < -0.39 is 0 Å². The van der Waals surface area contributed by atoms with Crippen LogP contribution >= 0.6 is 0 Å². The maximum Gasteiger partial charge on any atom is 0.222 e. The molecule has 1 heterocycles. The number of carbonyl (C=O) groups excluding carboxylic acids is 2. The fourth-order valence-electron chi connectivity index (χ4n) is 2.98. The lowest BCUT2D eigenvalue weighted by Gasteiger charge is -2.36. The van der Waals surface area contributed by atoms with Gasteiger partial charge in [0.1, 0.15) is 0 Å². The summed E-state index contributed by atoms with van der Waals surface area (Å²) in [4.78, 5) is 28.3. The minimum Gasteiger partial charge on any atom is -0.368 e. The number of amides is 1. The summed E-state index contributed by atoms with van der Waals surface area (Å²) in [6.07, 6.45) is 4.48. The topological polar surface area (TPSA) is 40.6 Å². The van der Waals surface area contributed by atoms with Crippen molar-refractivity contribution in [1.29, 1.82) is 0 Å². The first-order chi connectivity index (χ1) is 11.2. The van der Waals surface area contributed by atoms with E-state index in [0.717, 1.165) is 56.7 Å². The van der Waals surface area contributed by atoms with Gasteiger partial charge in [0.05, 0.1) is 0 Å². The zero-order valence-corrected chi connectivity index (χ0v) is 14.4. The van der Waals surface area contributed by atoms with E-state index in [0.29, 0.717) is 12.8 Å². The normalized spacial score (nSPS) is 14.9. The molecule has 0 aromatic heterocycles. The van der Waals surface area contributed by atoms with E-state index in [9.17, 15) is 9.59 Å². The van der Waals surface area contributed by atoms with Crippen molar-refractivity contribution in [2.45, 2.75) is 46.0 Å². The average Bonchev–Trinajstić information content (AvgIpc) is 2.61. The number of hydrogen-bond acceptors (Lipinski definition) is 3. The number of anilines is 1. The highest BCUT2D eigenvalue weighted by atomic mass is 16.2. The fraction of sp³-hybridized carbons (Fsp3) is 0.579. The molecule has 23 heavy (non-hydrogen) atoms. The summed E-state index contributed by atoms with van der Waals surface area (Å²) >= 11 is 0. The van der Waals surface area contributed by atoms with E-state index in [2.05, 4.69) is 11.8 Å². The molecule has 2 rings (SSSR count). The van der Waals surface area contributed by atoms with Gasteiger partial charge in [0.2, 0.25) is 5.91 Å². The zero-order chi connectivity index (χ0) is 16.7. The second-order valence-corrected chi connectivity index (χ2v) is 6.15. The number of Topliss-reactive ketones (excluding diaryl/α,β-unsaturated/α-hetero) is 1. The summed E-state index contributed by atoms with van der Waals surface area (Å²) in [5.41, 5.74) is 1.87. The van der Waals surface area contributed by atoms with Gasteiger partial charge in [-0.1, -0.05) is 38.8 Å². The van der Waals surface area contributed by atoms with Crippen molar-refractivity contribution < 1.29 is 9.59 Å². The lowest BCUT2D eigenvalue weighted by Crippen LogP contribution is -2.48. The van der Waals surface area contributed by atoms with Crippen LogP contribution in [0.25, 0.3) is 0 Å². The molecule has 1 aliphatic heterocycles. The number of unbranched alkanes of at least 4 members (excludes halogenated alkanes) is 2. The number of rotatable bonds is 7. The van der Waals surface area contributed by atoms with Crippen molar-refractivity contribution in [3.8, 4) is 0 Å². The SMILES string of the molecule is CCCCCC(=O)N1CCN(c2cccc(C(=O)CC)c2)CC1. The van der Waals surface area contributed by atoms with Crippen molar-refractivity contribution in [3.63, 3.8) is 0 Å². The van der Waals surface area contributed by atoms with Crippen molar-refractivity contribution in [1.82, 2.24) is 4.90 Å². The Morgan fingerprint density at radius 2 is 1.78 bits per heavy atom. The van der Waals surface area contributed by atoms with Gasteiger partial charge in [0, 0.05) is 50.3 Å². The molecule has 0 unspecified atom stereocenters. The molecule has 0 radical (unpaired) electrons. The second-order valence-electron chi connectivity index (χ2n) is 6.15. The highest BCUT2D eigenvalue weighted by Crippen LogP contribution is 2.19. The Morgan fingerprint density at radius 1 is 1.04 bits per heavy atom. The lowest BCUT2D eigenvalue weighted by molar-refractivity contribution is -0.131. The molecule has 1 fully saturated rings. The molecule has 0 spiro atoms. The molecule has 1 amide bonds. The predicted molar refractivity (Wildman–Crippen MR) is 94.0 cm³/mol. The van der Waals surface area contributed by atoms with Crippen molar-refractivity contribution in [2.24, 2.45) is 0 Å². The van der Waals surface area contributed by atoms with Crippen LogP contribution < -0.4 is 4.90 Å². The van der Waals surface area contributed by atoms with E-state index in [1.807, 2.05) is 36.1 Å². The highest BCUT2D eigenvalue weighted by molar-refractivity contribution is 5.96.